The van der Waals surface area contributed by atoms with Crippen LogP contribution < -0.4 is 0 Å². The summed E-state index contributed by atoms with van der Waals surface area (Å²) in [5.41, 5.74) is 0.808. The van der Waals surface area contributed by atoms with Crippen LogP contribution in [0.15, 0.2) is 12.1 Å². The Balaban J connectivity index is 3.59. The molecule has 0 bridgehead atoms. The number of hydrogen-bond acceptors (Lipinski definition) is 2. The molecule has 0 aromatic heterocycles. The molecule has 1 aromatic carbocycles. The number of aromatic carboxylic acids is 2. The molecule has 0 unspecified atom stereocenters. The third kappa shape index (κ3) is 2.64. The number of carboxylic acids is 2. The first-order chi connectivity index (χ1) is 7.64. The molecular formula is C13H16O4. The van der Waals surface area contributed by atoms with Crippen molar-refractivity contribution >= 4 is 11.9 Å². The van der Waals surface area contributed by atoms with Crippen LogP contribution in [-0.4, -0.2) is 22.2 Å². The molecular weight excluding hydrogens is 220 g/mol. The van der Waals surface area contributed by atoms with E-state index in [4.69, 9.17) is 10.2 Å². The summed E-state index contributed by atoms with van der Waals surface area (Å²) in [6, 6.07) is 3.09. The van der Waals surface area contributed by atoms with Gasteiger partial charge in [0.1, 0.15) is 0 Å². The fourth-order valence-corrected chi connectivity index (χ4v) is 1.59. The van der Waals surface area contributed by atoms with Crippen LogP contribution in [0.25, 0.3) is 0 Å². The van der Waals surface area contributed by atoms with Crippen molar-refractivity contribution in [3.8, 4) is 0 Å². The van der Waals surface area contributed by atoms with E-state index in [9.17, 15) is 9.59 Å². The fraction of sp³-hybridized carbons (Fsp3) is 0.385. The second-order valence-corrected chi connectivity index (χ2v) is 5.06. The Hall–Kier alpha value is -1.84. The van der Waals surface area contributed by atoms with Gasteiger partial charge in [-0.25, -0.2) is 9.59 Å². The van der Waals surface area contributed by atoms with Gasteiger partial charge >= 0.3 is 11.9 Å². The lowest BCUT2D eigenvalue weighted by molar-refractivity contribution is 0.0696. The van der Waals surface area contributed by atoms with Gasteiger partial charge in [-0.3, -0.25) is 0 Å². The summed E-state index contributed by atoms with van der Waals surface area (Å²) in [6.45, 7) is 7.25. The Morgan fingerprint density at radius 3 is 1.59 bits per heavy atom. The molecule has 0 heterocycles. The highest BCUT2D eigenvalue weighted by molar-refractivity contribution is 5.96. The van der Waals surface area contributed by atoms with Crippen LogP contribution >= 0.6 is 0 Å². The second kappa shape index (κ2) is 4.20. The molecule has 0 saturated heterocycles. The van der Waals surface area contributed by atoms with Crippen molar-refractivity contribution in [3.63, 3.8) is 0 Å². The van der Waals surface area contributed by atoms with Gasteiger partial charge in [-0.2, -0.15) is 0 Å². The minimum Gasteiger partial charge on any atom is -0.478 e. The minimum atomic E-state index is -1.10. The van der Waals surface area contributed by atoms with Gasteiger partial charge in [-0.05, 0) is 35.6 Å². The maximum absolute atomic E-state index is 11.1. The normalized spacial score (nSPS) is 11.3. The Kier molecular flexibility index (Phi) is 3.27. The monoisotopic (exact) mass is 236 g/mol. The van der Waals surface area contributed by atoms with Gasteiger partial charge in [0.25, 0.3) is 0 Å². The molecule has 0 amide bonds. The maximum atomic E-state index is 11.1. The van der Waals surface area contributed by atoms with Gasteiger partial charge in [0.2, 0.25) is 0 Å². The highest BCUT2D eigenvalue weighted by Crippen LogP contribution is 2.27. The second-order valence-electron chi connectivity index (χ2n) is 5.06. The summed E-state index contributed by atoms with van der Waals surface area (Å²) in [5, 5.41) is 18.1. The maximum Gasteiger partial charge on any atom is 0.335 e. The number of carboxylic acid groups (broad SMARTS) is 2. The Bertz CT molecular complexity index is 446. The standard InChI is InChI=1S/C13H16O4/c1-7-9(11(14)15)5-8(13(2,3)4)6-10(7)12(16)17/h5-6H,1-4H3,(H,14,15)(H,16,17). The number of benzene rings is 1. The molecule has 0 spiro atoms. The van der Waals surface area contributed by atoms with E-state index in [0.29, 0.717) is 5.56 Å². The molecule has 1 rings (SSSR count). The van der Waals surface area contributed by atoms with E-state index in [1.807, 2.05) is 20.8 Å². The summed E-state index contributed by atoms with van der Waals surface area (Å²) in [7, 11) is 0. The lowest BCUT2D eigenvalue weighted by atomic mass is 9.83. The zero-order chi connectivity index (χ0) is 13.4. The van der Waals surface area contributed by atoms with Crippen molar-refractivity contribution in [2.75, 3.05) is 0 Å². The van der Waals surface area contributed by atoms with Crippen LogP contribution in [0.2, 0.25) is 0 Å². The highest BCUT2D eigenvalue weighted by Gasteiger charge is 2.22. The summed E-state index contributed by atoms with van der Waals surface area (Å²) < 4.78 is 0. The minimum absolute atomic E-state index is 0.0508. The predicted octanol–water partition coefficient (Wildman–Crippen LogP) is 2.69. The molecule has 0 radical (unpaired) electrons. The number of hydrogen-bond donors (Lipinski definition) is 2. The Morgan fingerprint density at radius 2 is 1.35 bits per heavy atom. The summed E-state index contributed by atoms with van der Waals surface area (Å²) >= 11 is 0. The lowest BCUT2D eigenvalue weighted by Gasteiger charge is -2.21. The first-order valence-corrected chi connectivity index (χ1v) is 5.26. The van der Waals surface area contributed by atoms with Crippen LogP contribution in [0.5, 0.6) is 0 Å². The molecule has 4 heteroatoms. The van der Waals surface area contributed by atoms with Crippen molar-refractivity contribution < 1.29 is 19.8 Å². The van der Waals surface area contributed by atoms with Crippen LogP contribution in [-0.2, 0) is 5.41 Å². The summed E-state index contributed by atoms with van der Waals surface area (Å²) in [5.74, 6) is -2.20. The van der Waals surface area contributed by atoms with Crippen molar-refractivity contribution in [2.24, 2.45) is 0 Å². The van der Waals surface area contributed by atoms with Crippen molar-refractivity contribution in [1.29, 1.82) is 0 Å². The van der Waals surface area contributed by atoms with E-state index >= 15 is 0 Å². The third-order valence-corrected chi connectivity index (χ3v) is 2.73. The van der Waals surface area contributed by atoms with Gasteiger partial charge in [0.15, 0.2) is 0 Å². The predicted molar refractivity (Wildman–Crippen MR) is 63.8 cm³/mol. The molecule has 0 aliphatic rings. The molecule has 0 aliphatic carbocycles. The fourth-order valence-electron chi connectivity index (χ4n) is 1.59. The lowest BCUT2D eigenvalue weighted by Crippen LogP contribution is -2.16. The van der Waals surface area contributed by atoms with Gasteiger partial charge in [0.05, 0.1) is 11.1 Å². The van der Waals surface area contributed by atoms with Gasteiger partial charge < -0.3 is 10.2 Å². The molecule has 0 aliphatic heterocycles. The first kappa shape index (κ1) is 13.2. The molecule has 1 aromatic rings. The highest BCUT2D eigenvalue weighted by atomic mass is 16.4. The molecule has 92 valence electrons. The first-order valence-electron chi connectivity index (χ1n) is 5.26. The van der Waals surface area contributed by atoms with E-state index in [1.165, 1.54) is 6.92 Å². The van der Waals surface area contributed by atoms with Gasteiger partial charge in [-0.1, -0.05) is 20.8 Å². The molecule has 0 fully saturated rings. The van der Waals surface area contributed by atoms with E-state index < -0.39 is 11.9 Å². The number of rotatable bonds is 2. The van der Waals surface area contributed by atoms with E-state index in [0.717, 1.165) is 0 Å². The van der Waals surface area contributed by atoms with E-state index in [2.05, 4.69) is 0 Å². The van der Waals surface area contributed by atoms with Crippen LogP contribution in [0.4, 0.5) is 0 Å². The van der Waals surface area contributed by atoms with Gasteiger partial charge in [0, 0.05) is 0 Å². The molecule has 2 N–H and O–H groups in total. The zero-order valence-corrected chi connectivity index (χ0v) is 10.4. The van der Waals surface area contributed by atoms with Crippen molar-refractivity contribution in [2.45, 2.75) is 33.1 Å². The quantitative estimate of drug-likeness (QED) is 0.827. The summed E-state index contributed by atoms with van der Waals surface area (Å²) in [4.78, 5) is 22.2. The average molecular weight is 236 g/mol. The van der Waals surface area contributed by atoms with Crippen LogP contribution in [0.1, 0.15) is 52.6 Å². The topological polar surface area (TPSA) is 74.6 Å². The smallest absolute Gasteiger partial charge is 0.335 e. The number of carbonyl (C=O) groups is 2. The van der Waals surface area contributed by atoms with E-state index in [1.54, 1.807) is 12.1 Å². The van der Waals surface area contributed by atoms with Crippen molar-refractivity contribution in [3.05, 3.63) is 34.4 Å². The molecule has 17 heavy (non-hydrogen) atoms. The third-order valence-electron chi connectivity index (χ3n) is 2.73. The molecule has 0 atom stereocenters. The zero-order valence-electron chi connectivity index (χ0n) is 10.4. The Morgan fingerprint density at radius 1 is 1.00 bits per heavy atom. The van der Waals surface area contributed by atoms with Crippen LogP contribution in [0, 0.1) is 6.92 Å². The van der Waals surface area contributed by atoms with Crippen molar-refractivity contribution in [1.82, 2.24) is 0 Å². The van der Waals surface area contributed by atoms with E-state index in [-0.39, 0.29) is 22.1 Å². The largest absolute Gasteiger partial charge is 0.478 e. The van der Waals surface area contributed by atoms with Gasteiger partial charge in [-0.15, -0.1) is 0 Å². The Labute approximate surface area is 99.9 Å². The average Bonchev–Trinajstić information content (AvgIpc) is 2.14. The molecule has 0 saturated carbocycles. The van der Waals surface area contributed by atoms with Crippen LogP contribution in [0.3, 0.4) is 0 Å². The summed E-state index contributed by atoms with van der Waals surface area (Å²) in [6.07, 6.45) is 0. The SMILES string of the molecule is Cc1c(C(=O)O)cc(C(C)(C)C)cc1C(=O)O. The molecule has 4 nitrogen and oxygen atoms in total.